The van der Waals surface area contributed by atoms with Gasteiger partial charge in [0.2, 0.25) is 0 Å². The van der Waals surface area contributed by atoms with E-state index in [1.54, 1.807) is 0 Å². The van der Waals surface area contributed by atoms with Gasteiger partial charge in [-0.3, -0.25) is 4.79 Å². The fraction of sp³-hybridized carbons (Fsp3) is 0.533. The first-order chi connectivity index (χ1) is 9.54. The van der Waals surface area contributed by atoms with Gasteiger partial charge in [-0.05, 0) is 55.4 Å². The van der Waals surface area contributed by atoms with E-state index in [1.807, 2.05) is 24.3 Å². The Morgan fingerprint density at radius 1 is 1.20 bits per heavy atom. The first-order valence-corrected chi connectivity index (χ1v) is 8.40. The summed E-state index contributed by atoms with van der Waals surface area (Å²) in [5.74, 6) is -0.678. The quantitative estimate of drug-likeness (QED) is 0.890. The van der Waals surface area contributed by atoms with Crippen molar-refractivity contribution in [2.75, 3.05) is 13.2 Å². The summed E-state index contributed by atoms with van der Waals surface area (Å²) < 4.78 is 5.77. The van der Waals surface area contributed by atoms with Gasteiger partial charge in [-0.2, -0.15) is 0 Å². The highest BCUT2D eigenvalue weighted by Gasteiger charge is 2.59. The van der Waals surface area contributed by atoms with Gasteiger partial charge in [0.1, 0.15) is 4.75 Å². The largest absolute Gasteiger partial charge is 0.480 e. The molecule has 1 N–H and O–H groups in total. The number of hydrogen-bond donors (Lipinski definition) is 1. The monoisotopic (exact) mass is 356 g/mol. The standard InChI is InChI=1S/C15H17BrO3S/c16-11-1-3-12(4-2-11)20-15(13(17)18)9-14(10-15)5-7-19-8-6-14/h1-4H,5-10H2,(H,17,18). The van der Waals surface area contributed by atoms with Crippen molar-refractivity contribution in [2.45, 2.75) is 35.3 Å². The van der Waals surface area contributed by atoms with Gasteiger partial charge < -0.3 is 9.84 Å². The molecule has 1 heterocycles. The average molecular weight is 357 g/mol. The van der Waals surface area contributed by atoms with E-state index in [1.165, 1.54) is 11.8 Å². The average Bonchev–Trinajstić information content (AvgIpc) is 2.40. The van der Waals surface area contributed by atoms with Crippen molar-refractivity contribution in [3.63, 3.8) is 0 Å². The maximum Gasteiger partial charge on any atom is 0.320 e. The molecule has 0 radical (unpaired) electrons. The molecule has 1 aliphatic heterocycles. The van der Waals surface area contributed by atoms with Gasteiger partial charge >= 0.3 is 5.97 Å². The number of aliphatic carboxylic acids is 1. The highest BCUT2D eigenvalue weighted by Crippen LogP contribution is 2.61. The molecule has 0 aromatic heterocycles. The van der Waals surface area contributed by atoms with E-state index in [0.29, 0.717) is 0 Å². The maximum absolute atomic E-state index is 11.7. The minimum Gasteiger partial charge on any atom is -0.480 e. The smallest absolute Gasteiger partial charge is 0.320 e. The third kappa shape index (κ3) is 2.63. The normalized spacial score (nSPS) is 23.2. The second-order valence-electron chi connectivity index (χ2n) is 5.82. The van der Waals surface area contributed by atoms with Gasteiger partial charge in [-0.15, -0.1) is 11.8 Å². The fourth-order valence-corrected chi connectivity index (χ4v) is 5.14. The number of hydrogen-bond acceptors (Lipinski definition) is 3. The van der Waals surface area contributed by atoms with Gasteiger partial charge in [0.15, 0.2) is 0 Å². The zero-order valence-corrected chi connectivity index (χ0v) is 13.5. The van der Waals surface area contributed by atoms with Crippen molar-refractivity contribution in [1.29, 1.82) is 0 Å². The zero-order valence-electron chi connectivity index (χ0n) is 11.1. The van der Waals surface area contributed by atoms with Gasteiger partial charge in [-0.1, -0.05) is 15.9 Å². The van der Waals surface area contributed by atoms with Crippen LogP contribution >= 0.6 is 27.7 Å². The van der Waals surface area contributed by atoms with E-state index in [-0.39, 0.29) is 5.41 Å². The number of carbonyl (C=O) groups is 1. The molecule has 0 unspecified atom stereocenters. The number of rotatable bonds is 3. The lowest BCUT2D eigenvalue weighted by molar-refractivity contribution is -0.150. The highest BCUT2D eigenvalue weighted by molar-refractivity contribution is 9.10. The summed E-state index contributed by atoms with van der Waals surface area (Å²) >= 11 is 4.90. The van der Waals surface area contributed by atoms with Crippen molar-refractivity contribution >= 4 is 33.7 Å². The SMILES string of the molecule is O=C(O)C1(Sc2ccc(Br)cc2)CC2(CCOCC2)C1. The zero-order chi connectivity index (χ0) is 14.2. The van der Waals surface area contributed by atoms with E-state index in [9.17, 15) is 9.90 Å². The van der Waals surface area contributed by atoms with Crippen LogP contribution in [0.25, 0.3) is 0 Å². The number of thioether (sulfide) groups is 1. The number of carboxylic acids is 1. The van der Waals surface area contributed by atoms with Gasteiger partial charge in [-0.25, -0.2) is 0 Å². The fourth-order valence-electron chi connectivity index (χ4n) is 3.31. The van der Waals surface area contributed by atoms with Crippen LogP contribution in [0, 0.1) is 5.41 Å². The van der Waals surface area contributed by atoms with Crippen molar-refractivity contribution in [2.24, 2.45) is 5.41 Å². The Bertz CT molecular complexity index is 500. The van der Waals surface area contributed by atoms with Crippen molar-refractivity contribution in [1.82, 2.24) is 0 Å². The Labute approximate surface area is 131 Å². The molecule has 3 nitrogen and oxygen atoms in total. The molecule has 1 spiro atoms. The Morgan fingerprint density at radius 3 is 2.35 bits per heavy atom. The lowest BCUT2D eigenvalue weighted by Gasteiger charge is -2.55. The Kier molecular flexibility index (Phi) is 3.86. The van der Waals surface area contributed by atoms with Crippen LogP contribution in [0.15, 0.2) is 33.6 Å². The summed E-state index contributed by atoms with van der Waals surface area (Å²) in [6.07, 6.45) is 3.53. The molecule has 1 saturated carbocycles. The Morgan fingerprint density at radius 2 is 1.80 bits per heavy atom. The third-order valence-corrected chi connectivity index (χ3v) is 6.28. The molecule has 3 rings (SSSR count). The van der Waals surface area contributed by atoms with Crippen LogP contribution in [0.4, 0.5) is 0 Å². The molecule has 2 aliphatic rings. The van der Waals surface area contributed by atoms with Crippen molar-refractivity contribution < 1.29 is 14.6 Å². The van der Waals surface area contributed by atoms with Crippen LogP contribution in [0.1, 0.15) is 25.7 Å². The first kappa shape index (κ1) is 14.4. The van der Waals surface area contributed by atoms with Crippen LogP contribution in [0.5, 0.6) is 0 Å². The summed E-state index contributed by atoms with van der Waals surface area (Å²) in [7, 11) is 0. The van der Waals surface area contributed by atoms with Gasteiger partial charge in [0, 0.05) is 22.6 Å². The number of carboxylic acid groups (broad SMARTS) is 1. The van der Waals surface area contributed by atoms with E-state index in [4.69, 9.17) is 4.74 Å². The van der Waals surface area contributed by atoms with Crippen LogP contribution in [0.3, 0.4) is 0 Å². The second-order valence-corrected chi connectivity index (χ2v) is 8.19. The van der Waals surface area contributed by atoms with E-state index < -0.39 is 10.7 Å². The predicted octanol–water partition coefficient (Wildman–Crippen LogP) is 3.96. The van der Waals surface area contributed by atoms with Crippen molar-refractivity contribution in [3.8, 4) is 0 Å². The minimum absolute atomic E-state index is 0.207. The molecular weight excluding hydrogens is 340 g/mol. The molecule has 1 aliphatic carbocycles. The molecule has 1 aromatic carbocycles. The van der Waals surface area contributed by atoms with E-state index in [2.05, 4.69) is 15.9 Å². The topological polar surface area (TPSA) is 46.5 Å². The van der Waals surface area contributed by atoms with Gasteiger partial charge in [0.05, 0.1) is 0 Å². The second kappa shape index (κ2) is 5.35. The summed E-state index contributed by atoms with van der Waals surface area (Å²) in [5, 5.41) is 9.65. The van der Waals surface area contributed by atoms with Crippen molar-refractivity contribution in [3.05, 3.63) is 28.7 Å². The lowest BCUT2D eigenvalue weighted by atomic mass is 9.57. The molecule has 0 amide bonds. The molecule has 1 saturated heterocycles. The summed E-state index contributed by atoms with van der Waals surface area (Å²) in [5.41, 5.74) is 0.207. The number of halogens is 1. The Hall–Kier alpha value is -0.520. The summed E-state index contributed by atoms with van der Waals surface area (Å²) in [4.78, 5) is 12.8. The highest BCUT2D eigenvalue weighted by atomic mass is 79.9. The molecule has 5 heteroatoms. The molecule has 0 atom stereocenters. The molecular formula is C15H17BrO3S. The van der Waals surface area contributed by atoms with Crippen LogP contribution in [0.2, 0.25) is 0 Å². The summed E-state index contributed by atoms with van der Waals surface area (Å²) in [6.45, 7) is 1.55. The number of benzene rings is 1. The van der Waals surface area contributed by atoms with Crippen LogP contribution in [-0.2, 0) is 9.53 Å². The molecule has 1 aromatic rings. The summed E-state index contributed by atoms with van der Waals surface area (Å²) in [6, 6.07) is 7.88. The maximum atomic E-state index is 11.7. The Balaban J connectivity index is 1.74. The van der Waals surface area contributed by atoms with Crippen LogP contribution < -0.4 is 0 Å². The lowest BCUT2D eigenvalue weighted by Crippen LogP contribution is -2.56. The first-order valence-electron chi connectivity index (χ1n) is 6.79. The molecule has 108 valence electrons. The molecule has 20 heavy (non-hydrogen) atoms. The number of ether oxygens (including phenoxy) is 1. The predicted molar refractivity (Wildman–Crippen MR) is 82.1 cm³/mol. The van der Waals surface area contributed by atoms with E-state index in [0.717, 1.165) is 48.3 Å². The molecule has 0 bridgehead atoms. The van der Waals surface area contributed by atoms with Gasteiger partial charge in [0.25, 0.3) is 0 Å². The van der Waals surface area contributed by atoms with E-state index >= 15 is 0 Å². The van der Waals surface area contributed by atoms with Crippen LogP contribution in [-0.4, -0.2) is 29.0 Å². The minimum atomic E-state index is -0.678. The molecule has 2 fully saturated rings. The third-order valence-electron chi connectivity index (χ3n) is 4.39.